The third kappa shape index (κ3) is 2.73. The Hall–Kier alpha value is -1.03. The molecule has 1 heterocycles. The second kappa shape index (κ2) is 3.79. The van der Waals surface area contributed by atoms with E-state index in [0.717, 1.165) is 0 Å². The van der Waals surface area contributed by atoms with Crippen LogP contribution in [0.5, 0.6) is 0 Å². The predicted octanol–water partition coefficient (Wildman–Crippen LogP) is 0.991. The highest BCUT2D eigenvalue weighted by molar-refractivity contribution is 4.80. The van der Waals surface area contributed by atoms with Crippen molar-refractivity contribution in [3.8, 4) is 0 Å². The molecule has 1 aromatic rings. The minimum absolute atomic E-state index is 0.0900. The summed E-state index contributed by atoms with van der Waals surface area (Å²) in [4.78, 5) is 13.7. The molecule has 0 aromatic carbocycles. The lowest BCUT2D eigenvalue weighted by atomic mass is 10.1. The van der Waals surface area contributed by atoms with E-state index in [1.54, 1.807) is 17.0 Å². The van der Waals surface area contributed by atoms with Crippen LogP contribution < -0.4 is 5.69 Å². The van der Waals surface area contributed by atoms with Crippen LogP contribution in [0.25, 0.3) is 0 Å². The van der Waals surface area contributed by atoms with Crippen LogP contribution in [0.1, 0.15) is 20.8 Å². The van der Waals surface area contributed by atoms with Crippen LogP contribution in [0.15, 0.2) is 17.2 Å². The fraction of sp³-hybridized carbons (Fsp3) is 0.667. The van der Waals surface area contributed by atoms with E-state index < -0.39 is 0 Å². The highest BCUT2D eigenvalue weighted by Gasteiger charge is 2.18. The van der Waals surface area contributed by atoms with Gasteiger partial charge in [0.15, 0.2) is 0 Å². The first-order valence-corrected chi connectivity index (χ1v) is 4.43. The number of H-pyrrole nitrogens is 1. The number of nitrogens with zero attached hydrogens (tertiary/aromatic N) is 1. The maximum absolute atomic E-state index is 11.2. The summed E-state index contributed by atoms with van der Waals surface area (Å²) < 4.78 is 7.09. The zero-order valence-electron chi connectivity index (χ0n) is 8.33. The van der Waals surface area contributed by atoms with Gasteiger partial charge >= 0.3 is 5.69 Å². The van der Waals surface area contributed by atoms with Gasteiger partial charge in [-0.05, 0) is 20.8 Å². The molecule has 0 saturated heterocycles. The van der Waals surface area contributed by atoms with Gasteiger partial charge in [0.2, 0.25) is 0 Å². The molecule has 0 unspecified atom stereocenters. The van der Waals surface area contributed by atoms with E-state index in [1.165, 1.54) is 0 Å². The Morgan fingerprint density at radius 3 is 2.77 bits per heavy atom. The van der Waals surface area contributed by atoms with Crippen molar-refractivity contribution in [2.24, 2.45) is 0 Å². The summed E-state index contributed by atoms with van der Waals surface area (Å²) in [5.74, 6) is 0. The van der Waals surface area contributed by atoms with Gasteiger partial charge in [0.1, 0.15) is 0 Å². The van der Waals surface area contributed by atoms with Crippen molar-refractivity contribution in [2.75, 3.05) is 6.61 Å². The quantitative estimate of drug-likeness (QED) is 0.758. The van der Waals surface area contributed by atoms with Crippen LogP contribution in [-0.2, 0) is 11.3 Å². The molecule has 0 radical (unpaired) electrons. The van der Waals surface area contributed by atoms with E-state index in [4.69, 9.17) is 4.74 Å². The molecule has 74 valence electrons. The molecule has 0 bridgehead atoms. The zero-order chi connectivity index (χ0) is 9.90. The van der Waals surface area contributed by atoms with Gasteiger partial charge < -0.3 is 9.72 Å². The normalized spacial score (nSPS) is 11.9. The summed E-state index contributed by atoms with van der Waals surface area (Å²) in [5.41, 5.74) is -0.381. The average Bonchev–Trinajstić information content (AvgIpc) is 2.35. The summed E-state index contributed by atoms with van der Waals surface area (Å²) in [7, 11) is 0. The Morgan fingerprint density at radius 1 is 1.62 bits per heavy atom. The van der Waals surface area contributed by atoms with Crippen LogP contribution >= 0.6 is 0 Å². The fourth-order valence-corrected chi connectivity index (χ4v) is 1.32. The lowest BCUT2D eigenvalue weighted by Crippen LogP contribution is -2.34. The number of rotatable bonds is 4. The van der Waals surface area contributed by atoms with E-state index in [1.807, 2.05) is 20.8 Å². The molecule has 0 spiro atoms. The maximum atomic E-state index is 11.2. The average molecular weight is 184 g/mol. The predicted molar refractivity (Wildman–Crippen MR) is 50.8 cm³/mol. The Balaban J connectivity index is 2.68. The Kier molecular flexibility index (Phi) is 2.93. The monoisotopic (exact) mass is 184 g/mol. The molecule has 0 aliphatic rings. The minimum atomic E-state index is -0.291. The molecule has 4 nitrogen and oxygen atoms in total. The van der Waals surface area contributed by atoms with Crippen molar-refractivity contribution in [1.82, 2.24) is 9.55 Å². The molecule has 1 N–H and O–H groups in total. The maximum Gasteiger partial charge on any atom is 0.325 e. The van der Waals surface area contributed by atoms with E-state index in [-0.39, 0.29) is 11.3 Å². The number of aromatic amines is 1. The van der Waals surface area contributed by atoms with Crippen molar-refractivity contribution in [2.45, 2.75) is 32.9 Å². The van der Waals surface area contributed by atoms with E-state index in [9.17, 15) is 4.79 Å². The molecule has 1 rings (SSSR count). The highest BCUT2D eigenvalue weighted by atomic mass is 16.5. The summed E-state index contributed by atoms with van der Waals surface area (Å²) in [5, 5.41) is 0. The molecule has 0 fully saturated rings. The van der Waals surface area contributed by atoms with Gasteiger partial charge in [0, 0.05) is 19.0 Å². The lowest BCUT2D eigenvalue weighted by molar-refractivity contribution is -0.0229. The third-order valence-electron chi connectivity index (χ3n) is 1.81. The third-order valence-corrected chi connectivity index (χ3v) is 1.81. The summed E-state index contributed by atoms with van der Waals surface area (Å²) in [6.45, 7) is 7.11. The van der Waals surface area contributed by atoms with Crippen LogP contribution in [0, 0.1) is 0 Å². The van der Waals surface area contributed by atoms with Gasteiger partial charge in [0.25, 0.3) is 0 Å². The first-order valence-electron chi connectivity index (χ1n) is 4.43. The van der Waals surface area contributed by atoms with Crippen LogP contribution in [0.2, 0.25) is 0 Å². The van der Waals surface area contributed by atoms with Gasteiger partial charge in [-0.2, -0.15) is 0 Å². The standard InChI is InChI=1S/C9H16N2O2/c1-4-13-9(2,3)7-11-6-5-10-8(11)12/h5-6H,4,7H2,1-3H3,(H,10,12). The molecule has 0 aliphatic heterocycles. The summed E-state index contributed by atoms with van der Waals surface area (Å²) in [6.07, 6.45) is 3.35. The Labute approximate surface area is 77.5 Å². The number of aromatic nitrogens is 2. The van der Waals surface area contributed by atoms with Gasteiger partial charge in [-0.3, -0.25) is 4.57 Å². The number of nitrogens with one attached hydrogen (secondary N) is 1. The number of hydrogen-bond donors (Lipinski definition) is 1. The molecular formula is C9H16N2O2. The fourth-order valence-electron chi connectivity index (χ4n) is 1.32. The molecule has 1 aromatic heterocycles. The van der Waals surface area contributed by atoms with Crippen molar-refractivity contribution in [3.63, 3.8) is 0 Å². The van der Waals surface area contributed by atoms with E-state index in [2.05, 4.69) is 4.98 Å². The molecule has 4 heteroatoms. The van der Waals surface area contributed by atoms with Crippen molar-refractivity contribution in [3.05, 3.63) is 22.9 Å². The van der Waals surface area contributed by atoms with Crippen molar-refractivity contribution in [1.29, 1.82) is 0 Å². The van der Waals surface area contributed by atoms with Gasteiger partial charge in [0.05, 0.1) is 12.1 Å². The summed E-state index contributed by atoms with van der Waals surface area (Å²) >= 11 is 0. The van der Waals surface area contributed by atoms with Gasteiger partial charge in [-0.15, -0.1) is 0 Å². The zero-order valence-corrected chi connectivity index (χ0v) is 8.33. The van der Waals surface area contributed by atoms with Crippen molar-refractivity contribution >= 4 is 0 Å². The molecule has 0 atom stereocenters. The number of ether oxygens (including phenoxy) is 1. The Bertz CT molecular complexity index is 311. The van der Waals surface area contributed by atoms with Gasteiger partial charge in [-0.1, -0.05) is 0 Å². The van der Waals surface area contributed by atoms with Crippen LogP contribution in [-0.4, -0.2) is 21.8 Å². The summed E-state index contributed by atoms with van der Waals surface area (Å²) in [6, 6.07) is 0. The largest absolute Gasteiger partial charge is 0.374 e. The molecule has 0 aliphatic carbocycles. The minimum Gasteiger partial charge on any atom is -0.374 e. The van der Waals surface area contributed by atoms with E-state index in [0.29, 0.717) is 13.2 Å². The van der Waals surface area contributed by atoms with Gasteiger partial charge in [-0.25, -0.2) is 4.79 Å². The second-order valence-corrected chi connectivity index (χ2v) is 3.59. The molecule has 0 saturated carbocycles. The van der Waals surface area contributed by atoms with E-state index >= 15 is 0 Å². The Morgan fingerprint density at radius 2 is 2.31 bits per heavy atom. The topological polar surface area (TPSA) is 47.0 Å². The van der Waals surface area contributed by atoms with Crippen LogP contribution in [0.3, 0.4) is 0 Å². The molecule has 0 amide bonds. The highest BCUT2D eigenvalue weighted by Crippen LogP contribution is 2.10. The van der Waals surface area contributed by atoms with Crippen LogP contribution in [0.4, 0.5) is 0 Å². The number of hydrogen-bond acceptors (Lipinski definition) is 2. The first-order chi connectivity index (χ1) is 6.05. The lowest BCUT2D eigenvalue weighted by Gasteiger charge is -2.24. The molecule has 13 heavy (non-hydrogen) atoms. The van der Waals surface area contributed by atoms with Crippen molar-refractivity contribution < 1.29 is 4.74 Å². The second-order valence-electron chi connectivity index (χ2n) is 3.59. The smallest absolute Gasteiger partial charge is 0.325 e. The SMILES string of the molecule is CCOC(C)(C)Cn1cc[nH]c1=O. The number of imidazole rings is 1. The first kappa shape index (κ1) is 10.1. The molecular weight excluding hydrogens is 168 g/mol.